The van der Waals surface area contributed by atoms with E-state index >= 15 is 0 Å². The van der Waals surface area contributed by atoms with Crippen LogP contribution in [0.4, 0.5) is 17.1 Å². The van der Waals surface area contributed by atoms with Gasteiger partial charge in [-0.2, -0.15) is 0 Å². The highest BCUT2D eigenvalue weighted by Gasteiger charge is 2.11. The third-order valence-corrected chi connectivity index (χ3v) is 4.83. The van der Waals surface area contributed by atoms with Gasteiger partial charge in [-0.25, -0.2) is 0 Å². The lowest BCUT2D eigenvalue weighted by Gasteiger charge is -2.14. The minimum Gasteiger partial charge on any atom is -0.378 e. The summed E-state index contributed by atoms with van der Waals surface area (Å²) >= 11 is 0. The van der Waals surface area contributed by atoms with Crippen LogP contribution in [0.3, 0.4) is 0 Å². The van der Waals surface area contributed by atoms with E-state index in [1.54, 1.807) is 12.1 Å². The molecule has 0 aliphatic heterocycles. The third kappa shape index (κ3) is 3.81. The summed E-state index contributed by atoms with van der Waals surface area (Å²) in [7, 11) is 4.05. The van der Waals surface area contributed by atoms with Crippen molar-refractivity contribution in [2.75, 3.05) is 19.0 Å². The number of nitro benzene ring substituents is 1. The van der Waals surface area contributed by atoms with Crippen LogP contribution in [0.1, 0.15) is 22.5 Å². The maximum absolute atomic E-state index is 10.9. The number of hydrogen-bond acceptors (Lipinski definition) is 4. The van der Waals surface area contributed by atoms with Crippen molar-refractivity contribution in [3.63, 3.8) is 0 Å². The van der Waals surface area contributed by atoms with E-state index in [-0.39, 0.29) is 5.69 Å². The van der Waals surface area contributed by atoms with E-state index in [0.29, 0.717) is 0 Å². The molecule has 0 fully saturated rings. The predicted molar refractivity (Wildman–Crippen MR) is 115 cm³/mol. The van der Waals surface area contributed by atoms with Gasteiger partial charge in [0.1, 0.15) is 0 Å². The van der Waals surface area contributed by atoms with Crippen LogP contribution in [0.25, 0.3) is 5.69 Å². The number of hydrogen-bond donors (Lipinski definition) is 0. The van der Waals surface area contributed by atoms with Crippen LogP contribution < -0.4 is 4.90 Å². The minimum absolute atomic E-state index is 0.0794. The lowest BCUT2D eigenvalue weighted by molar-refractivity contribution is -0.384. The first-order valence-corrected chi connectivity index (χ1v) is 9.03. The average Bonchev–Trinajstić information content (AvgIpc) is 2.94. The predicted octanol–water partition coefficient (Wildman–Crippen LogP) is 5.13. The number of nitrogens with zero attached hydrogens (tertiary/aromatic N) is 4. The Labute approximate surface area is 164 Å². The molecule has 1 heterocycles. The fourth-order valence-corrected chi connectivity index (χ4v) is 3.25. The molecule has 0 saturated heterocycles. The van der Waals surface area contributed by atoms with E-state index in [4.69, 9.17) is 0 Å². The second kappa shape index (κ2) is 7.68. The normalized spacial score (nSPS) is 11.2. The number of nitro groups is 1. The molecule has 0 spiro atoms. The Bertz CT molecular complexity index is 1050. The molecule has 0 radical (unpaired) electrons. The van der Waals surface area contributed by atoms with Gasteiger partial charge < -0.3 is 9.47 Å². The van der Waals surface area contributed by atoms with Gasteiger partial charge in [0, 0.05) is 60.8 Å². The summed E-state index contributed by atoms with van der Waals surface area (Å²) in [6.07, 6.45) is 1.82. The van der Waals surface area contributed by atoms with Gasteiger partial charge in [-0.15, -0.1) is 0 Å². The van der Waals surface area contributed by atoms with Crippen LogP contribution in [0, 0.1) is 30.9 Å². The van der Waals surface area contributed by atoms with E-state index in [9.17, 15) is 10.1 Å². The van der Waals surface area contributed by atoms with Crippen molar-refractivity contribution in [1.29, 1.82) is 0 Å². The van der Waals surface area contributed by atoms with E-state index < -0.39 is 4.92 Å². The van der Waals surface area contributed by atoms with Crippen LogP contribution >= 0.6 is 0 Å². The minimum atomic E-state index is -0.393. The van der Waals surface area contributed by atoms with E-state index in [0.717, 1.165) is 39.6 Å². The summed E-state index contributed by atoms with van der Waals surface area (Å²) in [4.78, 5) is 17.1. The summed E-state index contributed by atoms with van der Waals surface area (Å²) in [5, 5.41) is 10.9. The zero-order valence-electron chi connectivity index (χ0n) is 16.8. The SMILES string of the molecule is Cc1cc([N+](=O)[O-])ccc1N=Cc1cc(C)n(-c2ccc(N(C)C)cc2)c1C. The van der Waals surface area contributed by atoms with Crippen molar-refractivity contribution >= 4 is 23.3 Å². The standard InChI is InChI=1S/C22H24N4O2/c1-15-12-21(26(27)28)10-11-22(15)23-14-18-13-16(2)25(17(18)3)20-8-6-19(7-9-20)24(4)5/h6-14H,1-5H3. The molecule has 0 atom stereocenters. The summed E-state index contributed by atoms with van der Waals surface area (Å²) < 4.78 is 2.20. The zero-order valence-corrected chi connectivity index (χ0v) is 16.8. The number of aliphatic imine (C=N–C) groups is 1. The smallest absolute Gasteiger partial charge is 0.269 e. The van der Waals surface area contributed by atoms with Crippen molar-refractivity contribution in [3.8, 4) is 5.69 Å². The van der Waals surface area contributed by atoms with Gasteiger partial charge >= 0.3 is 0 Å². The number of rotatable bonds is 5. The quantitative estimate of drug-likeness (QED) is 0.352. The molecule has 0 saturated carbocycles. The van der Waals surface area contributed by atoms with Gasteiger partial charge in [-0.1, -0.05) is 0 Å². The van der Waals surface area contributed by atoms with E-state index in [1.165, 1.54) is 6.07 Å². The van der Waals surface area contributed by atoms with Gasteiger partial charge in [-0.05, 0) is 62.7 Å². The fraction of sp³-hybridized carbons (Fsp3) is 0.227. The molecular weight excluding hydrogens is 352 g/mol. The molecule has 0 bridgehead atoms. The van der Waals surface area contributed by atoms with Crippen LogP contribution in [0.5, 0.6) is 0 Å². The van der Waals surface area contributed by atoms with Gasteiger partial charge in [0.05, 0.1) is 10.6 Å². The maximum atomic E-state index is 10.9. The van der Waals surface area contributed by atoms with Crippen molar-refractivity contribution in [1.82, 2.24) is 4.57 Å². The summed E-state index contributed by atoms with van der Waals surface area (Å²) in [5.74, 6) is 0. The maximum Gasteiger partial charge on any atom is 0.269 e. The largest absolute Gasteiger partial charge is 0.378 e. The van der Waals surface area contributed by atoms with Crippen LogP contribution in [0.2, 0.25) is 0 Å². The molecule has 0 amide bonds. The Kier molecular flexibility index (Phi) is 5.31. The number of aryl methyl sites for hydroxylation is 2. The first-order chi connectivity index (χ1) is 13.3. The number of non-ortho nitro benzene ring substituents is 1. The molecule has 1 aromatic heterocycles. The van der Waals surface area contributed by atoms with Crippen molar-refractivity contribution in [3.05, 3.63) is 81.2 Å². The van der Waals surface area contributed by atoms with Gasteiger partial charge in [-0.3, -0.25) is 15.1 Å². The van der Waals surface area contributed by atoms with E-state index in [1.807, 2.05) is 27.2 Å². The number of aromatic nitrogens is 1. The third-order valence-electron chi connectivity index (χ3n) is 4.83. The second-order valence-corrected chi connectivity index (χ2v) is 7.06. The molecule has 144 valence electrons. The molecule has 2 aromatic carbocycles. The Morgan fingerprint density at radius 3 is 2.29 bits per heavy atom. The van der Waals surface area contributed by atoms with Crippen LogP contribution in [-0.2, 0) is 0 Å². The van der Waals surface area contributed by atoms with Crippen LogP contribution in [-0.4, -0.2) is 29.8 Å². The molecule has 28 heavy (non-hydrogen) atoms. The van der Waals surface area contributed by atoms with Crippen molar-refractivity contribution in [2.45, 2.75) is 20.8 Å². The first-order valence-electron chi connectivity index (χ1n) is 9.03. The lowest BCUT2D eigenvalue weighted by Crippen LogP contribution is -2.08. The lowest BCUT2D eigenvalue weighted by atomic mass is 10.2. The molecular formula is C22H24N4O2. The summed E-state index contributed by atoms with van der Waals surface area (Å²) in [6.45, 7) is 5.97. The van der Waals surface area contributed by atoms with Gasteiger partial charge in [0.25, 0.3) is 5.69 Å². The highest BCUT2D eigenvalue weighted by atomic mass is 16.6. The molecule has 0 aliphatic carbocycles. The molecule has 3 rings (SSSR count). The summed E-state index contributed by atoms with van der Waals surface area (Å²) in [5.41, 5.74) is 7.08. The second-order valence-electron chi connectivity index (χ2n) is 7.06. The Balaban J connectivity index is 1.92. The monoisotopic (exact) mass is 376 g/mol. The van der Waals surface area contributed by atoms with Crippen molar-refractivity contribution in [2.24, 2.45) is 4.99 Å². The first kappa shape index (κ1) is 19.4. The highest BCUT2D eigenvalue weighted by molar-refractivity contribution is 5.84. The number of anilines is 1. The van der Waals surface area contributed by atoms with Gasteiger partial charge in [0.2, 0.25) is 0 Å². The zero-order chi connectivity index (χ0) is 20.4. The summed E-state index contributed by atoms with van der Waals surface area (Å²) in [6, 6.07) is 15.2. The fourth-order valence-electron chi connectivity index (χ4n) is 3.25. The Morgan fingerprint density at radius 2 is 1.71 bits per heavy atom. The molecule has 6 heteroatoms. The molecule has 3 aromatic rings. The van der Waals surface area contributed by atoms with E-state index in [2.05, 4.69) is 58.6 Å². The Morgan fingerprint density at radius 1 is 1.04 bits per heavy atom. The topological polar surface area (TPSA) is 63.7 Å². The molecule has 0 N–H and O–H groups in total. The number of benzene rings is 2. The molecule has 6 nitrogen and oxygen atoms in total. The Hall–Kier alpha value is -3.41. The molecule has 0 aliphatic rings. The highest BCUT2D eigenvalue weighted by Crippen LogP contribution is 2.25. The average molecular weight is 376 g/mol. The van der Waals surface area contributed by atoms with Crippen LogP contribution in [0.15, 0.2) is 53.5 Å². The van der Waals surface area contributed by atoms with Crippen molar-refractivity contribution < 1.29 is 4.92 Å². The van der Waals surface area contributed by atoms with Gasteiger partial charge in [0.15, 0.2) is 0 Å². The molecule has 0 unspecified atom stereocenters.